The van der Waals surface area contributed by atoms with Crippen LogP contribution in [0.2, 0.25) is 0 Å². The van der Waals surface area contributed by atoms with Crippen LogP contribution in [0.5, 0.6) is 0 Å². The van der Waals surface area contributed by atoms with Gasteiger partial charge >= 0.3 is 7.82 Å². The van der Waals surface area contributed by atoms with Gasteiger partial charge in [-0.2, -0.15) is 0 Å². The van der Waals surface area contributed by atoms with Gasteiger partial charge in [0.2, 0.25) is 5.91 Å². The average molecular weight is 852 g/mol. The topological polar surface area (TPSA) is 105 Å². The molecule has 0 spiro atoms. The number of rotatable bonds is 44. The van der Waals surface area contributed by atoms with Gasteiger partial charge in [-0.25, -0.2) is 4.57 Å². The third-order valence-corrected chi connectivity index (χ3v) is 11.8. The predicted molar refractivity (Wildman–Crippen MR) is 254 cm³/mol. The van der Waals surface area contributed by atoms with E-state index in [1.165, 1.54) is 148 Å². The number of likely N-dealkylation sites (N-methyl/N-ethyl adjacent to an activating group) is 1. The molecule has 0 aliphatic heterocycles. The number of nitrogens with zero attached hydrogens (tertiary/aromatic N) is 1. The van der Waals surface area contributed by atoms with Crippen molar-refractivity contribution in [1.82, 2.24) is 5.32 Å². The Balaban J connectivity index is 4.26. The van der Waals surface area contributed by atoms with Crippen LogP contribution in [-0.4, -0.2) is 73.4 Å². The highest BCUT2D eigenvalue weighted by Crippen LogP contribution is 2.43. The molecule has 0 rings (SSSR count). The number of allylic oxidation sites excluding steroid dienone is 7. The van der Waals surface area contributed by atoms with Gasteiger partial charge in [0.05, 0.1) is 39.9 Å². The molecule has 3 atom stereocenters. The summed E-state index contributed by atoms with van der Waals surface area (Å²) in [5.74, 6) is -0.193. The van der Waals surface area contributed by atoms with Gasteiger partial charge in [-0.05, 0) is 64.2 Å². The van der Waals surface area contributed by atoms with E-state index >= 15 is 0 Å². The maximum Gasteiger partial charge on any atom is 0.472 e. The summed E-state index contributed by atoms with van der Waals surface area (Å²) in [6.07, 6.45) is 53.4. The van der Waals surface area contributed by atoms with Crippen molar-refractivity contribution in [2.75, 3.05) is 40.9 Å². The summed E-state index contributed by atoms with van der Waals surface area (Å²) in [6.45, 7) is 4.77. The molecule has 3 N–H and O–H groups in total. The third kappa shape index (κ3) is 44.3. The van der Waals surface area contributed by atoms with Crippen LogP contribution in [0.3, 0.4) is 0 Å². The Morgan fingerprint density at radius 3 is 1.46 bits per heavy atom. The lowest BCUT2D eigenvalue weighted by Gasteiger charge is -2.25. The van der Waals surface area contributed by atoms with Crippen molar-refractivity contribution < 1.29 is 32.9 Å². The lowest BCUT2D eigenvalue weighted by molar-refractivity contribution is -0.870. The van der Waals surface area contributed by atoms with E-state index < -0.39 is 20.0 Å². The molecule has 3 unspecified atom stereocenters. The minimum absolute atomic E-state index is 0.0541. The van der Waals surface area contributed by atoms with E-state index in [2.05, 4.69) is 55.6 Å². The van der Waals surface area contributed by atoms with E-state index in [1.54, 1.807) is 6.08 Å². The molecule has 1 amide bonds. The summed E-state index contributed by atoms with van der Waals surface area (Å²) in [7, 11) is 1.55. The Bertz CT molecular complexity index is 1100. The zero-order valence-electron chi connectivity index (χ0n) is 39.2. The molecule has 0 aromatic carbocycles. The first kappa shape index (κ1) is 57.5. The van der Waals surface area contributed by atoms with Crippen LogP contribution in [0.25, 0.3) is 0 Å². The van der Waals surface area contributed by atoms with Gasteiger partial charge in [0, 0.05) is 6.42 Å². The number of carbonyl (C=O) groups excluding carboxylic acids is 1. The van der Waals surface area contributed by atoms with Crippen LogP contribution in [-0.2, 0) is 18.4 Å². The van der Waals surface area contributed by atoms with Gasteiger partial charge in [0.15, 0.2) is 0 Å². The first-order valence-electron chi connectivity index (χ1n) is 24.5. The molecule has 0 saturated heterocycles. The van der Waals surface area contributed by atoms with Gasteiger partial charge < -0.3 is 19.8 Å². The van der Waals surface area contributed by atoms with E-state index in [0.29, 0.717) is 17.4 Å². The number of amides is 1. The Kier molecular flexibility index (Phi) is 40.7. The largest absolute Gasteiger partial charge is 0.472 e. The number of nitrogens with one attached hydrogen (secondary N) is 1. The van der Waals surface area contributed by atoms with E-state index in [9.17, 15) is 19.4 Å². The Labute approximate surface area is 365 Å². The second kappa shape index (κ2) is 41.8. The molecule has 9 heteroatoms. The fraction of sp³-hybridized carbons (Fsp3) is 0.820. The Morgan fingerprint density at radius 1 is 0.576 bits per heavy atom. The number of phosphoric ester groups is 1. The van der Waals surface area contributed by atoms with Crippen molar-refractivity contribution in [2.45, 2.75) is 225 Å². The van der Waals surface area contributed by atoms with Gasteiger partial charge in [0.1, 0.15) is 13.2 Å². The summed E-state index contributed by atoms with van der Waals surface area (Å²) in [4.78, 5) is 23.1. The molecule has 0 bridgehead atoms. The molecule has 0 fully saturated rings. The number of quaternary nitrogens is 1. The van der Waals surface area contributed by atoms with Crippen molar-refractivity contribution in [1.29, 1.82) is 0 Å². The highest BCUT2D eigenvalue weighted by molar-refractivity contribution is 7.47. The average Bonchev–Trinajstić information content (AvgIpc) is 3.19. The quantitative estimate of drug-likeness (QED) is 0.0244. The van der Waals surface area contributed by atoms with Crippen LogP contribution in [0.4, 0.5) is 0 Å². The number of aliphatic hydroxyl groups excluding tert-OH is 1. The minimum Gasteiger partial charge on any atom is -0.387 e. The Hall–Kier alpha value is -1.54. The zero-order chi connectivity index (χ0) is 43.6. The first-order valence-corrected chi connectivity index (χ1v) is 26.0. The fourth-order valence-electron chi connectivity index (χ4n) is 6.85. The van der Waals surface area contributed by atoms with Gasteiger partial charge in [-0.3, -0.25) is 13.8 Å². The number of hydrogen-bond acceptors (Lipinski definition) is 5. The lowest BCUT2D eigenvalue weighted by atomic mass is 10.1. The molecule has 0 saturated carbocycles. The summed E-state index contributed by atoms with van der Waals surface area (Å²) in [5.41, 5.74) is 0. The first-order chi connectivity index (χ1) is 28.5. The van der Waals surface area contributed by atoms with Gasteiger partial charge in [-0.15, -0.1) is 0 Å². The maximum absolute atomic E-state index is 12.9. The summed E-state index contributed by atoms with van der Waals surface area (Å²) < 4.78 is 23.5. The number of carbonyl (C=O) groups is 1. The normalized spacial score (nSPS) is 14.6. The number of hydrogen-bond donors (Lipinski definition) is 3. The van der Waals surface area contributed by atoms with Crippen molar-refractivity contribution in [2.24, 2.45) is 0 Å². The minimum atomic E-state index is -4.35. The summed E-state index contributed by atoms with van der Waals surface area (Å²) in [5, 5.41) is 13.8. The second-order valence-electron chi connectivity index (χ2n) is 17.8. The molecule has 0 radical (unpaired) electrons. The number of unbranched alkanes of at least 4 members (excludes halogenated alkanes) is 25. The molecule has 0 heterocycles. The molecule has 59 heavy (non-hydrogen) atoms. The van der Waals surface area contributed by atoms with E-state index in [0.717, 1.165) is 44.9 Å². The number of aliphatic hydroxyl groups is 1. The standard InChI is InChI=1S/C50H95N2O6P/c1-6-8-10-12-14-16-18-20-21-22-23-24-25-26-27-28-29-30-31-32-34-36-38-40-42-44-50(54)51-48(47-58-59(55,56)57-46-45-52(3,4)5)49(53)43-41-39-37-35-33-19-17-15-13-11-9-7-2/h23-24,26-27,33,35,41,43,48-49,53H,6-22,25,28-32,34,36-40,42,44-47H2,1-5H3,(H-,51,54,55,56)/p+1/b24-23-,27-26-,35-33+,43-41+. The molecule has 0 aromatic heterocycles. The molecular weight excluding hydrogens is 756 g/mol. The lowest BCUT2D eigenvalue weighted by Crippen LogP contribution is -2.45. The summed E-state index contributed by atoms with van der Waals surface area (Å²) in [6, 6.07) is -0.865. The smallest absolute Gasteiger partial charge is 0.387 e. The van der Waals surface area contributed by atoms with E-state index in [4.69, 9.17) is 9.05 Å². The fourth-order valence-corrected chi connectivity index (χ4v) is 7.59. The molecule has 0 aliphatic rings. The predicted octanol–water partition coefficient (Wildman–Crippen LogP) is 14.0. The van der Waals surface area contributed by atoms with Crippen molar-refractivity contribution in [3.05, 3.63) is 48.6 Å². The van der Waals surface area contributed by atoms with E-state index in [-0.39, 0.29) is 19.1 Å². The van der Waals surface area contributed by atoms with Crippen LogP contribution < -0.4 is 5.32 Å². The van der Waals surface area contributed by atoms with Crippen molar-refractivity contribution in [3.63, 3.8) is 0 Å². The second-order valence-corrected chi connectivity index (χ2v) is 19.3. The highest BCUT2D eigenvalue weighted by atomic mass is 31.2. The molecule has 0 aromatic rings. The monoisotopic (exact) mass is 852 g/mol. The van der Waals surface area contributed by atoms with Crippen LogP contribution in [0.1, 0.15) is 213 Å². The SMILES string of the molecule is CCCCCCCC/C=C/CC/C=C/C(O)C(COP(=O)(O)OCC[N+](C)(C)C)NC(=O)CCCCCCCCCCC/C=C\C/C=C\CCCCCCCCCCC. The Morgan fingerprint density at radius 2 is 0.983 bits per heavy atom. The molecule has 0 aliphatic carbocycles. The zero-order valence-corrected chi connectivity index (χ0v) is 40.1. The van der Waals surface area contributed by atoms with Crippen molar-refractivity contribution in [3.8, 4) is 0 Å². The molecule has 346 valence electrons. The summed E-state index contributed by atoms with van der Waals surface area (Å²) >= 11 is 0. The van der Waals surface area contributed by atoms with Crippen LogP contribution in [0, 0.1) is 0 Å². The van der Waals surface area contributed by atoms with Gasteiger partial charge in [0.25, 0.3) is 0 Å². The maximum atomic E-state index is 12.9. The number of phosphoric acid groups is 1. The van der Waals surface area contributed by atoms with Crippen LogP contribution >= 0.6 is 7.82 Å². The molecule has 8 nitrogen and oxygen atoms in total. The van der Waals surface area contributed by atoms with Crippen LogP contribution in [0.15, 0.2) is 48.6 Å². The highest BCUT2D eigenvalue weighted by Gasteiger charge is 2.27. The van der Waals surface area contributed by atoms with Crippen molar-refractivity contribution >= 4 is 13.7 Å². The molecular formula is C50H96N2O6P+. The van der Waals surface area contributed by atoms with E-state index in [1.807, 2.05) is 27.2 Å². The third-order valence-electron chi connectivity index (χ3n) is 10.8. The van der Waals surface area contributed by atoms with Gasteiger partial charge in [-0.1, -0.05) is 191 Å².